The van der Waals surface area contributed by atoms with Gasteiger partial charge in [-0.15, -0.1) is 0 Å². The third-order valence-electron chi connectivity index (χ3n) is 3.16. The van der Waals surface area contributed by atoms with Gasteiger partial charge in [-0.25, -0.2) is 0 Å². The van der Waals surface area contributed by atoms with Gasteiger partial charge in [-0.1, -0.05) is 18.2 Å². The lowest BCUT2D eigenvalue weighted by molar-refractivity contribution is -0.115. The number of hydrogen-bond acceptors (Lipinski definition) is 4. The summed E-state index contributed by atoms with van der Waals surface area (Å²) < 4.78 is 0. The smallest absolute Gasteiger partial charge is 0.228 e. The molecule has 3 aromatic rings. The summed E-state index contributed by atoms with van der Waals surface area (Å²) in [4.78, 5) is 20.5. The highest BCUT2D eigenvalue weighted by molar-refractivity contribution is 5.94. The molecule has 1 aromatic heterocycles. The first-order chi connectivity index (χ1) is 10.2. The monoisotopic (exact) mass is 278 g/mol. The van der Waals surface area contributed by atoms with Gasteiger partial charge in [-0.3, -0.25) is 14.8 Å². The second kappa shape index (κ2) is 5.58. The largest absolute Gasteiger partial charge is 0.398 e. The quantitative estimate of drug-likeness (QED) is 0.721. The molecule has 1 amide bonds. The zero-order chi connectivity index (χ0) is 14.7. The molecule has 0 saturated carbocycles. The molecule has 0 fully saturated rings. The van der Waals surface area contributed by atoms with Crippen molar-refractivity contribution in [3.8, 4) is 0 Å². The van der Waals surface area contributed by atoms with E-state index in [9.17, 15) is 4.79 Å². The van der Waals surface area contributed by atoms with Crippen LogP contribution in [0.5, 0.6) is 0 Å². The number of amides is 1. The first kappa shape index (κ1) is 13.1. The van der Waals surface area contributed by atoms with E-state index in [1.807, 2.05) is 30.3 Å². The standard InChI is InChI=1S/C16H14N4O/c17-13-4-2-1-3-11(13)9-16(21)20-12-5-6-14-15(10-12)19-8-7-18-14/h1-8,10H,9,17H2,(H,20,21). The Hall–Kier alpha value is -2.95. The van der Waals surface area contributed by atoms with Crippen molar-refractivity contribution in [2.75, 3.05) is 11.1 Å². The summed E-state index contributed by atoms with van der Waals surface area (Å²) in [6.07, 6.45) is 3.50. The van der Waals surface area contributed by atoms with E-state index in [4.69, 9.17) is 5.73 Å². The summed E-state index contributed by atoms with van der Waals surface area (Å²) in [6.45, 7) is 0. The zero-order valence-corrected chi connectivity index (χ0v) is 11.3. The van der Waals surface area contributed by atoms with E-state index in [-0.39, 0.29) is 12.3 Å². The number of para-hydroxylation sites is 1. The normalized spacial score (nSPS) is 10.5. The van der Waals surface area contributed by atoms with Gasteiger partial charge in [0.1, 0.15) is 0 Å². The molecular formula is C16H14N4O. The van der Waals surface area contributed by atoms with Gasteiger partial charge in [-0.2, -0.15) is 0 Å². The minimum atomic E-state index is -0.115. The molecule has 5 heteroatoms. The SMILES string of the molecule is Nc1ccccc1CC(=O)Nc1ccc2nccnc2c1. The average molecular weight is 278 g/mol. The van der Waals surface area contributed by atoms with Gasteiger partial charge in [-0.05, 0) is 29.8 Å². The molecule has 2 aromatic carbocycles. The van der Waals surface area contributed by atoms with Crippen molar-refractivity contribution in [3.63, 3.8) is 0 Å². The minimum absolute atomic E-state index is 0.115. The molecule has 0 radical (unpaired) electrons. The minimum Gasteiger partial charge on any atom is -0.398 e. The maximum absolute atomic E-state index is 12.1. The van der Waals surface area contributed by atoms with Crippen LogP contribution in [0.4, 0.5) is 11.4 Å². The fraction of sp³-hybridized carbons (Fsp3) is 0.0625. The van der Waals surface area contributed by atoms with E-state index in [1.54, 1.807) is 24.5 Å². The fourth-order valence-corrected chi connectivity index (χ4v) is 2.11. The number of nitrogens with two attached hydrogens (primary N) is 1. The van der Waals surface area contributed by atoms with E-state index in [1.165, 1.54) is 0 Å². The van der Waals surface area contributed by atoms with Gasteiger partial charge in [0.15, 0.2) is 0 Å². The molecule has 0 atom stereocenters. The summed E-state index contributed by atoms with van der Waals surface area (Å²) in [5, 5.41) is 2.85. The van der Waals surface area contributed by atoms with E-state index in [2.05, 4.69) is 15.3 Å². The Bertz CT molecular complexity index is 801. The Morgan fingerprint density at radius 3 is 2.62 bits per heavy atom. The van der Waals surface area contributed by atoms with Gasteiger partial charge in [0.25, 0.3) is 0 Å². The Kier molecular flexibility index (Phi) is 3.47. The van der Waals surface area contributed by atoms with Crippen LogP contribution in [0.3, 0.4) is 0 Å². The zero-order valence-electron chi connectivity index (χ0n) is 11.3. The van der Waals surface area contributed by atoms with Crippen molar-refractivity contribution < 1.29 is 4.79 Å². The lowest BCUT2D eigenvalue weighted by Gasteiger charge is -2.07. The topological polar surface area (TPSA) is 80.9 Å². The number of carbonyl (C=O) groups excluding carboxylic acids is 1. The number of aromatic nitrogens is 2. The summed E-state index contributed by atoms with van der Waals surface area (Å²) in [5.41, 5.74) is 9.51. The number of carbonyl (C=O) groups is 1. The van der Waals surface area contributed by atoms with Crippen LogP contribution in [-0.4, -0.2) is 15.9 Å². The highest BCUT2D eigenvalue weighted by atomic mass is 16.1. The fourth-order valence-electron chi connectivity index (χ4n) is 2.11. The number of nitrogens with one attached hydrogen (secondary N) is 1. The number of nitrogen functional groups attached to an aromatic ring is 1. The molecule has 3 N–H and O–H groups in total. The van der Waals surface area contributed by atoms with E-state index in [0.29, 0.717) is 11.4 Å². The lowest BCUT2D eigenvalue weighted by atomic mass is 10.1. The van der Waals surface area contributed by atoms with Gasteiger partial charge >= 0.3 is 0 Å². The van der Waals surface area contributed by atoms with Crippen LogP contribution in [0.15, 0.2) is 54.9 Å². The van der Waals surface area contributed by atoms with Crippen molar-refractivity contribution in [1.29, 1.82) is 0 Å². The Morgan fingerprint density at radius 1 is 1.05 bits per heavy atom. The number of nitrogens with zero attached hydrogens (tertiary/aromatic N) is 2. The molecule has 0 unspecified atom stereocenters. The van der Waals surface area contributed by atoms with Gasteiger partial charge < -0.3 is 11.1 Å². The van der Waals surface area contributed by atoms with Crippen molar-refractivity contribution in [2.45, 2.75) is 6.42 Å². The highest BCUT2D eigenvalue weighted by Gasteiger charge is 2.07. The van der Waals surface area contributed by atoms with Crippen molar-refractivity contribution in [2.24, 2.45) is 0 Å². The number of hydrogen-bond donors (Lipinski definition) is 2. The first-order valence-electron chi connectivity index (χ1n) is 6.56. The molecule has 1 heterocycles. The molecule has 0 bridgehead atoms. The van der Waals surface area contributed by atoms with Gasteiger partial charge in [0, 0.05) is 23.8 Å². The second-order valence-corrected chi connectivity index (χ2v) is 4.68. The number of anilines is 2. The third kappa shape index (κ3) is 2.97. The maximum Gasteiger partial charge on any atom is 0.228 e. The van der Waals surface area contributed by atoms with Crippen LogP contribution in [0.25, 0.3) is 11.0 Å². The predicted octanol–water partition coefficient (Wildman–Crippen LogP) is 2.39. The molecule has 104 valence electrons. The molecule has 0 aliphatic rings. The molecule has 0 spiro atoms. The van der Waals surface area contributed by atoms with Gasteiger partial charge in [0.2, 0.25) is 5.91 Å². The van der Waals surface area contributed by atoms with Gasteiger partial charge in [0.05, 0.1) is 17.5 Å². The predicted molar refractivity (Wildman–Crippen MR) is 82.7 cm³/mol. The van der Waals surface area contributed by atoms with Crippen LogP contribution in [0.2, 0.25) is 0 Å². The van der Waals surface area contributed by atoms with Crippen molar-refractivity contribution in [3.05, 3.63) is 60.4 Å². The summed E-state index contributed by atoms with van der Waals surface area (Å²) in [5.74, 6) is -0.115. The lowest BCUT2D eigenvalue weighted by Crippen LogP contribution is -2.15. The highest BCUT2D eigenvalue weighted by Crippen LogP contribution is 2.16. The first-order valence-corrected chi connectivity index (χ1v) is 6.56. The van der Waals surface area contributed by atoms with Crippen LogP contribution >= 0.6 is 0 Å². The van der Waals surface area contributed by atoms with E-state index >= 15 is 0 Å². The number of fused-ring (bicyclic) bond motifs is 1. The molecule has 0 aliphatic carbocycles. The number of benzene rings is 2. The molecule has 0 saturated heterocycles. The molecule has 3 rings (SSSR count). The Morgan fingerprint density at radius 2 is 1.81 bits per heavy atom. The van der Waals surface area contributed by atoms with Crippen molar-refractivity contribution in [1.82, 2.24) is 9.97 Å². The Balaban J connectivity index is 1.75. The number of rotatable bonds is 3. The van der Waals surface area contributed by atoms with Crippen LogP contribution in [-0.2, 0) is 11.2 Å². The van der Waals surface area contributed by atoms with E-state index < -0.39 is 0 Å². The summed E-state index contributed by atoms with van der Waals surface area (Å²) >= 11 is 0. The molecule has 0 aliphatic heterocycles. The van der Waals surface area contributed by atoms with Crippen LogP contribution in [0.1, 0.15) is 5.56 Å². The Labute approximate surface area is 121 Å². The summed E-state index contributed by atoms with van der Waals surface area (Å²) in [7, 11) is 0. The van der Waals surface area contributed by atoms with Crippen LogP contribution < -0.4 is 11.1 Å². The molecular weight excluding hydrogens is 264 g/mol. The second-order valence-electron chi connectivity index (χ2n) is 4.68. The summed E-state index contributed by atoms with van der Waals surface area (Å²) in [6, 6.07) is 12.8. The van der Waals surface area contributed by atoms with Crippen LogP contribution in [0, 0.1) is 0 Å². The average Bonchev–Trinajstić information content (AvgIpc) is 2.49. The molecule has 21 heavy (non-hydrogen) atoms. The maximum atomic E-state index is 12.1. The third-order valence-corrected chi connectivity index (χ3v) is 3.16. The van der Waals surface area contributed by atoms with E-state index in [0.717, 1.165) is 16.6 Å². The molecule has 5 nitrogen and oxygen atoms in total. The van der Waals surface area contributed by atoms with Crippen molar-refractivity contribution >= 4 is 28.3 Å².